The molecule has 0 amide bonds. The van der Waals surface area contributed by atoms with Crippen molar-refractivity contribution in [1.82, 2.24) is 4.90 Å². The van der Waals surface area contributed by atoms with E-state index in [-0.39, 0.29) is 18.0 Å². The van der Waals surface area contributed by atoms with Gasteiger partial charge in [-0.3, -0.25) is 9.69 Å². The van der Waals surface area contributed by atoms with E-state index in [1.165, 1.54) is 0 Å². The number of rotatable bonds is 4. The van der Waals surface area contributed by atoms with Crippen LogP contribution in [0.1, 0.15) is 29.6 Å². The minimum Gasteiger partial charge on any atom is -0.520 e. The van der Waals surface area contributed by atoms with Crippen molar-refractivity contribution in [2.45, 2.75) is 57.1 Å². The van der Waals surface area contributed by atoms with E-state index in [0.717, 1.165) is 12.8 Å². The SMILES string of the molecule is CN1C2CCC1C(C(=O)O[Si](C)(C)C)C(OC(=O)c1ccccc1)C2. The van der Waals surface area contributed by atoms with Crippen LogP contribution < -0.4 is 0 Å². The van der Waals surface area contributed by atoms with Crippen LogP contribution in [0.5, 0.6) is 0 Å². The quantitative estimate of drug-likeness (QED) is 0.609. The number of benzene rings is 1. The Morgan fingerprint density at radius 2 is 1.80 bits per heavy atom. The molecule has 0 radical (unpaired) electrons. The summed E-state index contributed by atoms with van der Waals surface area (Å²) in [5.41, 5.74) is 0.520. The molecule has 2 aliphatic rings. The van der Waals surface area contributed by atoms with Crippen LogP contribution in [0.3, 0.4) is 0 Å². The van der Waals surface area contributed by atoms with Crippen molar-refractivity contribution in [3.8, 4) is 0 Å². The smallest absolute Gasteiger partial charge is 0.338 e. The second kappa shape index (κ2) is 6.92. The van der Waals surface area contributed by atoms with Crippen molar-refractivity contribution in [2.24, 2.45) is 5.92 Å². The minimum absolute atomic E-state index is 0.0937. The lowest BCUT2D eigenvalue weighted by atomic mass is 9.87. The Bertz CT molecular complexity index is 643. The zero-order chi connectivity index (χ0) is 18.2. The van der Waals surface area contributed by atoms with Gasteiger partial charge in [0.1, 0.15) is 12.0 Å². The molecule has 4 unspecified atom stereocenters. The summed E-state index contributed by atoms with van der Waals surface area (Å²) in [6.45, 7) is 6.00. The predicted molar refractivity (Wildman–Crippen MR) is 97.8 cm³/mol. The highest BCUT2D eigenvalue weighted by molar-refractivity contribution is 6.71. The third kappa shape index (κ3) is 3.95. The Balaban J connectivity index is 1.80. The molecule has 1 aromatic rings. The Morgan fingerprint density at radius 1 is 1.12 bits per heavy atom. The number of ether oxygens (including phenoxy) is 1. The summed E-state index contributed by atoms with van der Waals surface area (Å²) < 4.78 is 11.6. The zero-order valence-corrected chi connectivity index (χ0v) is 16.4. The van der Waals surface area contributed by atoms with E-state index in [1.807, 2.05) is 37.8 Å². The molecule has 1 aromatic carbocycles. The molecule has 0 aliphatic carbocycles. The van der Waals surface area contributed by atoms with Gasteiger partial charge >= 0.3 is 11.9 Å². The highest BCUT2D eigenvalue weighted by atomic mass is 28.4. The number of esters is 1. The number of piperidine rings is 1. The van der Waals surface area contributed by atoms with Crippen LogP contribution >= 0.6 is 0 Å². The summed E-state index contributed by atoms with van der Waals surface area (Å²) in [7, 11) is 0.0648. The van der Waals surface area contributed by atoms with Gasteiger partial charge in [-0.15, -0.1) is 0 Å². The molecule has 0 N–H and O–H groups in total. The van der Waals surface area contributed by atoms with E-state index in [0.29, 0.717) is 18.0 Å². The van der Waals surface area contributed by atoms with Crippen molar-refractivity contribution in [2.75, 3.05) is 7.05 Å². The summed E-state index contributed by atoms with van der Waals surface area (Å²) in [6.07, 6.45) is 2.27. The molecule has 6 heteroatoms. The van der Waals surface area contributed by atoms with Gasteiger partial charge in [-0.25, -0.2) is 4.79 Å². The standard InChI is InChI=1S/C19H27NO4Si/c1-20-14-10-11-15(20)17(19(22)24-25(2,3)4)16(12-14)23-18(21)13-8-6-5-7-9-13/h5-9,14-17H,10-12H2,1-4H3. The molecule has 2 saturated heterocycles. The first-order valence-corrected chi connectivity index (χ1v) is 12.4. The number of carbonyl (C=O) groups is 2. The van der Waals surface area contributed by atoms with E-state index in [1.54, 1.807) is 12.1 Å². The maximum absolute atomic E-state index is 12.9. The highest BCUT2D eigenvalue weighted by Crippen LogP contribution is 2.40. The first kappa shape index (κ1) is 18.1. The molecule has 5 nitrogen and oxygen atoms in total. The van der Waals surface area contributed by atoms with Crippen molar-refractivity contribution in [3.63, 3.8) is 0 Å². The van der Waals surface area contributed by atoms with Gasteiger partial charge < -0.3 is 9.16 Å². The largest absolute Gasteiger partial charge is 0.520 e. The van der Waals surface area contributed by atoms with Crippen LogP contribution in [0, 0.1) is 5.92 Å². The summed E-state index contributed by atoms with van der Waals surface area (Å²) in [4.78, 5) is 27.6. The monoisotopic (exact) mass is 361 g/mol. The van der Waals surface area contributed by atoms with Crippen LogP contribution in [0.15, 0.2) is 30.3 Å². The van der Waals surface area contributed by atoms with Gasteiger partial charge in [0.25, 0.3) is 0 Å². The number of hydrogen-bond acceptors (Lipinski definition) is 5. The Morgan fingerprint density at radius 3 is 2.44 bits per heavy atom. The fourth-order valence-electron chi connectivity index (χ4n) is 4.00. The van der Waals surface area contributed by atoms with E-state index in [4.69, 9.17) is 9.16 Å². The lowest BCUT2D eigenvalue weighted by molar-refractivity contribution is -0.150. The van der Waals surface area contributed by atoms with Gasteiger partial charge in [-0.1, -0.05) is 18.2 Å². The molecule has 3 rings (SSSR count). The third-order valence-corrected chi connectivity index (χ3v) is 5.97. The average molecular weight is 362 g/mol. The first-order chi connectivity index (χ1) is 11.8. The topological polar surface area (TPSA) is 55.8 Å². The maximum atomic E-state index is 12.9. The fraction of sp³-hybridized carbons (Fsp3) is 0.579. The van der Waals surface area contributed by atoms with E-state index in [9.17, 15) is 9.59 Å². The second-order valence-electron chi connectivity index (χ2n) is 8.07. The Hall–Kier alpha value is -1.66. The van der Waals surface area contributed by atoms with Gasteiger partial charge in [-0.2, -0.15) is 0 Å². The number of fused-ring (bicyclic) bond motifs is 2. The third-order valence-electron chi connectivity index (χ3n) is 5.16. The van der Waals surface area contributed by atoms with Gasteiger partial charge in [0.2, 0.25) is 8.32 Å². The number of hydrogen-bond donors (Lipinski definition) is 0. The molecule has 0 spiro atoms. The van der Waals surface area contributed by atoms with Gasteiger partial charge in [0, 0.05) is 18.5 Å². The Kier molecular flexibility index (Phi) is 5.02. The van der Waals surface area contributed by atoms with Crippen molar-refractivity contribution in [3.05, 3.63) is 35.9 Å². The molecule has 0 saturated carbocycles. The number of nitrogens with zero attached hydrogens (tertiary/aromatic N) is 1. The van der Waals surface area contributed by atoms with Gasteiger partial charge in [-0.05, 0) is 51.7 Å². The molecular weight excluding hydrogens is 334 g/mol. The highest BCUT2D eigenvalue weighted by Gasteiger charge is 2.51. The Labute approximate surface area is 150 Å². The van der Waals surface area contributed by atoms with Crippen molar-refractivity contribution in [1.29, 1.82) is 0 Å². The van der Waals surface area contributed by atoms with E-state index >= 15 is 0 Å². The summed E-state index contributed by atoms with van der Waals surface area (Å²) in [5, 5.41) is 0. The molecule has 0 aromatic heterocycles. The van der Waals surface area contributed by atoms with Crippen LogP contribution in [0.2, 0.25) is 19.6 Å². The second-order valence-corrected chi connectivity index (χ2v) is 12.5. The molecule has 2 aliphatic heterocycles. The van der Waals surface area contributed by atoms with E-state index < -0.39 is 20.3 Å². The predicted octanol–water partition coefficient (Wildman–Crippen LogP) is 3.07. The minimum atomic E-state index is -2.00. The summed E-state index contributed by atoms with van der Waals surface area (Å²) >= 11 is 0. The molecule has 136 valence electrons. The van der Waals surface area contributed by atoms with Gasteiger partial charge in [0.15, 0.2) is 0 Å². The molecule has 2 bridgehead atoms. The van der Waals surface area contributed by atoms with E-state index in [2.05, 4.69) is 11.9 Å². The normalized spacial score (nSPS) is 29.3. The van der Waals surface area contributed by atoms with Crippen LogP contribution in [-0.2, 0) is 14.0 Å². The average Bonchev–Trinajstić information content (AvgIpc) is 2.78. The summed E-state index contributed by atoms with van der Waals surface area (Å²) in [5.74, 6) is -0.967. The van der Waals surface area contributed by atoms with Crippen LogP contribution in [-0.4, -0.2) is 50.4 Å². The maximum Gasteiger partial charge on any atom is 0.338 e. The summed E-state index contributed by atoms with van der Waals surface area (Å²) in [6, 6.07) is 9.42. The van der Waals surface area contributed by atoms with Crippen LogP contribution in [0.25, 0.3) is 0 Å². The molecular formula is C19H27NO4Si. The van der Waals surface area contributed by atoms with Crippen LogP contribution in [0.4, 0.5) is 0 Å². The molecule has 25 heavy (non-hydrogen) atoms. The number of carbonyl (C=O) groups excluding carboxylic acids is 2. The lowest BCUT2D eigenvalue weighted by Gasteiger charge is -2.41. The van der Waals surface area contributed by atoms with Crippen molar-refractivity contribution >= 4 is 20.3 Å². The molecule has 2 fully saturated rings. The zero-order valence-electron chi connectivity index (χ0n) is 15.4. The molecule has 2 heterocycles. The molecule has 4 atom stereocenters. The lowest BCUT2D eigenvalue weighted by Crippen LogP contribution is -2.54. The van der Waals surface area contributed by atoms with Crippen molar-refractivity contribution < 1.29 is 18.8 Å². The van der Waals surface area contributed by atoms with Gasteiger partial charge in [0.05, 0.1) is 5.56 Å². The fourth-order valence-corrected chi connectivity index (χ4v) is 4.74. The first-order valence-electron chi connectivity index (χ1n) is 8.97.